The number of nitrogens with zero attached hydrogens (tertiary/aromatic N) is 2. The second kappa shape index (κ2) is 5.84. The molecule has 1 fully saturated rings. The highest BCUT2D eigenvalue weighted by Gasteiger charge is 2.33. The Morgan fingerprint density at radius 3 is 2.80 bits per heavy atom. The number of hydrazine groups is 1. The van der Waals surface area contributed by atoms with Crippen LogP contribution in [0.1, 0.15) is 24.8 Å². The molecular weight excluding hydrogens is 273 g/mol. The van der Waals surface area contributed by atoms with Crippen LogP contribution in [-0.2, 0) is 6.18 Å². The van der Waals surface area contributed by atoms with E-state index in [9.17, 15) is 13.2 Å². The molecule has 112 valence electrons. The molecular formula is C12H17F3N4O. The van der Waals surface area contributed by atoms with Crippen LogP contribution in [-0.4, -0.2) is 29.3 Å². The van der Waals surface area contributed by atoms with Gasteiger partial charge in [0.1, 0.15) is 11.6 Å². The molecule has 0 spiro atoms. The van der Waals surface area contributed by atoms with E-state index in [0.717, 1.165) is 25.0 Å². The van der Waals surface area contributed by atoms with Crippen molar-refractivity contribution >= 4 is 11.6 Å². The zero-order chi connectivity index (χ0) is 14.8. The maximum atomic E-state index is 12.9. The Bertz CT molecular complexity index is 467. The van der Waals surface area contributed by atoms with Gasteiger partial charge >= 0.3 is 6.18 Å². The molecule has 5 nitrogen and oxygen atoms in total. The maximum Gasteiger partial charge on any atom is 0.416 e. The van der Waals surface area contributed by atoms with Crippen LogP contribution in [0.25, 0.3) is 0 Å². The number of anilines is 2. The summed E-state index contributed by atoms with van der Waals surface area (Å²) in [6.07, 6.45) is -2.23. The van der Waals surface area contributed by atoms with E-state index >= 15 is 0 Å². The van der Waals surface area contributed by atoms with E-state index in [-0.39, 0.29) is 24.3 Å². The molecule has 1 aliphatic heterocycles. The standard InChI is InChI=1S/C12H17F3N4O/c13-12(14,15)8-6-10(18-16)17-11(7-8)19-4-1-2-9(19)3-5-20/h6-7,9,20H,1-5,16H2,(H,17,18). The fourth-order valence-electron chi connectivity index (χ4n) is 2.49. The molecule has 0 bridgehead atoms. The second-order valence-corrected chi connectivity index (χ2v) is 4.74. The number of aliphatic hydroxyl groups excluding tert-OH is 1. The van der Waals surface area contributed by atoms with Gasteiger partial charge in [0.2, 0.25) is 0 Å². The fourth-order valence-corrected chi connectivity index (χ4v) is 2.49. The Kier molecular flexibility index (Phi) is 4.34. The van der Waals surface area contributed by atoms with Crippen molar-refractivity contribution in [2.24, 2.45) is 5.84 Å². The number of hydrogen-bond acceptors (Lipinski definition) is 5. The summed E-state index contributed by atoms with van der Waals surface area (Å²) in [4.78, 5) is 5.89. The number of nitrogens with two attached hydrogens (primary N) is 1. The Morgan fingerprint density at radius 1 is 1.45 bits per heavy atom. The topological polar surface area (TPSA) is 74.4 Å². The van der Waals surface area contributed by atoms with E-state index in [1.54, 1.807) is 4.90 Å². The third-order valence-electron chi connectivity index (χ3n) is 3.42. The number of aromatic nitrogens is 1. The second-order valence-electron chi connectivity index (χ2n) is 4.74. The van der Waals surface area contributed by atoms with Crippen molar-refractivity contribution in [3.05, 3.63) is 17.7 Å². The van der Waals surface area contributed by atoms with Gasteiger partial charge in [0.15, 0.2) is 0 Å². The fraction of sp³-hybridized carbons (Fsp3) is 0.583. The van der Waals surface area contributed by atoms with Gasteiger partial charge in [-0.25, -0.2) is 10.8 Å². The number of rotatable bonds is 4. The highest BCUT2D eigenvalue weighted by Crippen LogP contribution is 2.34. The minimum Gasteiger partial charge on any atom is -0.396 e. The van der Waals surface area contributed by atoms with Gasteiger partial charge in [0, 0.05) is 19.2 Å². The molecule has 1 aromatic rings. The molecule has 0 aliphatic carbocycles. The number of pyridine rings is 1. The molecule has 2 heterocycles. The lowest BCUT2D eigenvalue weighted by molar-refractivity contribution is -0.137. The van der Waals surface area contributed by atoms with Crippen LogP contribution in [0.3, 0.4) is 0 Å². The first kappa shape index (κ1) is 14.9. The minimum absolute atomic E-state index is 0.00211. The molecule has 0 saturated carbocycles. The zero-order valence-electron chi connectivity index (χ0n) is 10.8. The van der Waals surface area contributed by atoms with E-state index in [2.05, 4.69) is 10.4 Å². The summed E-state index contributed by atoms with van der Waals surface area (Å²) in [5.74, 6) is 5.40. The summed E-state index contributed by atoms with van der Waals surface area (Å²) < 4.78 is 38.6. The van der Waals surface area contributed by atoms with Gasteiger partial charge in [-0.05, 0) is 31.4 Å². The van der Waals surface area contributed by atoms with Crippen molar-refractivity contribution in [2.75, 3.05) is 23.5 Å². The first-order valence-corrected chi connectivity index (χ1v) is 6.39. The number of aliphatic hydroxyl groups is 1. The number of halogens is 3. The molecule has 1 atom stereocenters. The Labute approximate surface area is 114 Å². The number of nitrogen functional groups attached to an aromatic ring is 1. The summed E-state index contributed by atoms with van der Waals surface area (Å²) in [7, 11) is 0. The molecule has 1 aliphatic rings. The van der Waals surface area contributed by atoms with Crippen LogP contribution in [0, 0.1) is 0 Å². The van der Waals surface area contributed by atoms with Gasteiger partial charge in [-0.1, -0.05) is 0 Å². The molecule has 20 heavy (non-hydrogen) atoms. The van der Waals surface area contributed by atoms with E-state index in [4.69, 9.17) is 10.9 Å². The quantitative estimate of drug-likeness (QED) is 0.582. The average molecular weight is 290 g/mol. The Morgan fingerprint density at radius 2 is 2.20 bits per heavy atom. The van der Waals surface area contributed by atoms with Crippen molar-refractivity contribution in [3.8, 4) is 0 Å². The molecule has 2 rings (SSSR count). The first-order valence-electron chi connectivity index (χ1n) is 6.39. The normalized spacial score (nSPS) is 19.4. The van der Waals surface area contributed by atoms with E-state index < -0.39 is 11.7 Å². The van der Waals surface area contributed by atoms with Gasteiger partial charge in [-0.2, -0.15) is 13.2 Å². The van der Waals surface area contributed by atoms with Crippen LogP contribution < -0.4 is 16.2 Å². The van der Waals surface area contributed by atoms with Crippen molar-refractivity contribution in [1.29, 1.82) is 0 Å². The van der Waals surface area contributed by atoms with Crippen LogP contribution in [0.15, 0.2) is 12.1 Å². The van der Waals surface area contributed by atoms with Gasteiger partial charge in [-0.15, -0.1) is 0 Å². The smallest absolute Gasteiger partial charge is 0.396 e. The highest BCUT2D eigenvalue weighted by atomic mass is 19.4. The predicted octanol–water partition coefficient (Wildman–Crippen LogP) is 1.74. The molecule has 8 heteroatoms. The van der Waals surface area contributed by atoms with Gasteiger partial charge in [-0.3, -0.25) is 0 Å². The third kappa shape index (κ3) is 3.13. The minimum atomic E-state index is -4.45. The lowest BCUT2D eigenvalue weighted by Gasteiger charge is -2.26. The molecule has 1 saturated heterocycles. The Balaban J connectivity index is 2.35. The summed E-state index contributed by atoms with van der Waals surface area (Å²) in [5, 5.41) is 9.02. The van der Waals surface area contributed by atoms with Crippen LogP contribution >= 0.6 is 0 Å². The van der Waals surface area contributed by atoms with E-state index in [0.29, 0.717) is 13.0 Å². The SMILES string of the molecule is NNc1cc(C(F)(F)F)cc(N2CCCC2CCO)n1. The maximum absolute atomic E-state index is 12.9. The number of hydrogen-bond donors (Lipinski definition) is 3. The average Bonchev–Trinajstić information content (AvgIpc) is 2.86. The van der Waals surface area contributed by atoms with E-state index in [1.807, 2.05) is 0 Å². The third-order valence-corrected chi connectivity index (χ3v) is 3.42. The summed E-state index contributed by atoms with van der Waals surface area (Å²) in [5.41, 5.74) is 1.38. The van der Waals surface area contributed by atoms with E-state index in [1.165, 1.54) is 0 Å². The first-order chi connectivity index (χ1) is 9.45. The molecule has 1 aromatic heterocycles. The molecule has 4 N–H and O–H groups in total. The largest absolute Gasteiger partial charge is 0.416 e. The molecule has 0 amide bonds. The number of nitrogens with one attached hydrogen (secondary N) is 1. The number of alkyl halides is 3. The van der Waals surface area contributed by atoms with Crippen LogP contribution in [0.2, 0.25) is 0 Å². The zero-order valence-corrected chi connectivity index (χ0v) is 10.8. The van der Waals surface area contributed by atoms with Crippen molar-refractivity contribution < 1.29 is 18.3 Å². The molecule has 0 radical (unpaired) electrons. The van der Waals surface area contributed by atoms with Gasteiger partial charge in [0.05, 0.1) is 5.56 Å². The summed E-state index contributed by atoms with van der Waals surface area (Å²) in [6.45, 7) is 0.630. The predicted molar refractivity (Wildman–Crippen MR) is 69.1 cm³/mol. The summed E-state index contributed by atoms with van der Waals surface area (Å²) >= 11 is 0. The highest BCUT2D eigenvalue weighted by molar-refractivity contribution is 5.52. The van der Waals surface area contributed by atoms with Crippen LogP contribution in [0.4, 0.5) is 24.8 Å². The summed E-state index contributed by atoms with van der Waals surface area (Å²) in [6, 6.07) is 1.92. The molecule has 1 unspecified atom stereocenters. The molecule has 0 aromatic carbocycles. The van der Waals surface area contributed by atoms with Crippen LogP contribution in [0.5, 0.6) is 0 Å². The van der Waals surface area contributed by atoms with Gasteiger partial charge in [0.25, 0.3) is 0 Å². The van der Waals surface area contributed by atoms with Crippen molar-refractivity contribution in [1.82, 2.24) is 4.98 Å². The van der Waals surface area contributed by atoms with Crippen molar-refractivity contribution in [2.45, 2.75) is 31.5 Å². The lowest BCUT2D eigenvalue weighted by Crippen LogP contribution is -2.31. The van der Waals surface area contributed by atoms with Gasteiger partial charge < -0.3 is 15.4 Å². The Hall–Kier alpha value is -1.54. The lowest BCUT2D eigenvalue weighted by atomic mass is 10.1. The monoisotopic (exact) mass is 290 g/mol. The van der Waals surface area contributed by atoms with Crippen molar-refractivity contribution in [3.63, 3.8) is 0 Å².